The Kier molecular flexibility index (Phi) is 3.62. The first-order chi connectivity index (χ1) is 5.84. The summed E-state index contributed by atoms with van der Waals surface area (Å²) in [5.74, 6) is -4.28. The topological polar surface area (TPSA) is 94.8 Å². The van der Waals surface area contributed by atoms with E-state index >= 15 is 0 Å². The fraction of sp³-hybridized carbons (Fsp3) is 0.500. The lowest BCUT2D eigenvalue weighted by molar-refractivity contribution is -0.171. The predicted octanol–water partition coefficient (Wildman–Crippen LogP) is 0.0989. The average Bonchev–Trinajstić information content (AvgIpc) is 1.98. The average molecular weight is 188 g/mol. The van der Waals surface area contributed by atoms with Crippen LogP contribution < -0.4 is 0 Å². The molecule has 0 bridgehead atoms. The van der Waals surface area contributed by atoms with Crippen molar-refractivity contribution in [1.82, 2.24) is 0 Å². The van der Waals surface area contributed by atoms with Crippen molar-refractivity contribution in [2.45, 2.75) is 18.9 Å². The number of carboxylic acids is 2. The highest BCUT2D eigenvalue weighted by atomic mass is 16.4. The molecule has 74 valence electrons. The highest BCUT2D eigenvalue weighted by molar-refractivity contribution is 5.85. The molecule has 0 aromatic rings. The minimum Gasteiger partial charge on any atom is -0.481 e. The van der Waals surface area contributed by atoms with Crippen LogP contribution in [0.4, 0.5) is 0 Å². The number of carbonyl (C=O) groups is 2. The van der Waals surface area contributed by atoms with E-state index in [0.717, 1.165) is 6.92 Å². The zero-order valence-electron chi connectivity index (χ0n) is 7.23. The van der Waals surface area contributed by atoms with Crippen molar-refractivity contribution >= 4 is 11.9 Å². The van der Waals surface area contributed by atoms with Crippen molar-refractivity contribution in [1.29, 1.82) is 0 Å². The van der Waals surface area contributed by atoms with Gasteiger partial charge in [0.2, 0.25) is 0 Å². The van der Waals surface area contributed by atoms with Crippen molar-refractivity contribution in [3.8, 4) is 0 Å². The molecule has 0 radical (unpaired) electrons. The normalized spacial score (nSPS) is 17.1. The van der Waals surface area contributed by atoms with Gasteiger partial charge in [0.05, 0.1) is 5.92 Å². The maximum atomic E-state index is 10.6. The number of hydrogen-bond donors (Lipinski definition) is 3. The molecular weight excluding hydrogens is 176 g/mol. The van der Waals surface area contributed by atoms with E-state index in [1.807, 2.05) is 0 Å². The maximum absolute atomic E-state index is 10.6. The Morgan fingerprint density at radius 1 is 1.54 bits per heavy atom. The molecule has 0 amide bonds. The Bertz CT molecular complexity index is 231. The van der Waals surface area contributed by atoms with Crippen molar-refractivity contribution < 1.29 is 24.9 Å². The van der Waals surface area contributed by atoms with E-state index in [4.69, 9.17) is 10.2 Å². The molecule has 0 aliphatic heterocycles. The summed E-state index contributed by atoms with van der Waals surface area (Å²) >= 11 is 0. The number of aliphatic hydroxyl groups is 1. The number of aliphatic carboxylic acids is 2. The second-order valence-electron chi connectivity index (χ2n) is 2.87. The quantitative estimate of drug-likeness (QED) is 0.532. The van der Waals surface area contributed by atoms with Crippen LogP contribution in [0.15, 0.2) is 12.7 Å². The van der Waals surface area contributed by atoms with E-state index in [0.29, 0.717) is 0 Å². The first-order valence-corrected chi connectivity index (χ1v) is 3.63. The molecule has 0 aromatic heterocycles. The SMILES string of the molecule is C=CCC(C(=O)O)C(C)(O)C(=O)O. The molecule has 2 unspecified atom stereocenters. The number of rotatable bonds is 5. The molecule has 0 fully saturated rings. The zero-order chi connectivity index (χ0) is 10.6. The molecule has 0 spiro atoms. The van der Waals surface area contributed by atoms with Gasteiger partial charge in [-0.25, -0.2) is 4.79 Å². The van der Waals surface area contributed by atoms with Gasteiger partial charge in [-0.3, -0.25) is 4.79 Å². The van der Waals surface area contributed by atoms with Gasteiger partial charge in [-0.05, 0) is 13.3 Å². The Balaban J connectivity index is 4.81. The first-order valence-electron chi connectivity index (χ1n) is 3.63. The minimum atomic E-state index is -2.26. The van der Waals surface area contributed by atoms with Crippen LogP contribution in [0.2, 0.25) is 0 Å². The van der Waals surface area contributed by atoms with Gasteiger partial charge in [-0.2, -0.15) is 0 Å². The molecule has 5 heteroatoms. The Labute approximate surface area is 75.3 Å². The second kappa shape index (κ2) is 4.04. The van der Waals surface area contributed by atoms with Gasteiger partial charge < -0.3 is 15.3 Å². The van der Waals surface area contributed by atoms with Crippen LogP contribution in [0.3, 0.4) is 0 Å². The van der Waals surface area contributed by atoms with E-state index in [-0.39, 0.29) is 6.42 Å². The first kappa shape index (κ1) is 11.6. The molecule has 0 saturated heterocycles. The smallest absolute Gasteiger partial charge is 0.336 e. The lowest BCUT2D eigenvalue weighted by Gasteiger charge is -2.24. The van der Waals surface area contributed by atoms with E-state index in [1.54, 1.807) is 0 Å². The van der Waals surface area contributed by atoms with Crippen LogP contribution in [0.25, 0.3) is 0 Å². The lowest BCUT2D eigenvalue weighted by atomic mass is 9.86. The molecule has 3 N–H and O–H groups in total. The van der Waals surface area contributed by atoms with Crippen LogP contribution in [0, 0.1) is 5.92 Å². The molecular formula is C8H12O5. The molecule has 0 aliphatic rings. The largest absolute Gasteiger partial charge is 0.481 e. The minimum absolute atomic E-state index is 0.0887. The van der Waals surface area contributed by atoms with Crippen LogP contribution in [0.1, 0.15) is 13.3 Å². The lowest BCUT2D eigenvalue weighted by Crippen LogP contribution is -2.46. The van der Waals surface area contributed by atoms with Gasteiger partial charge >= 0.3 is 11.9 Å². The molecule has 0 saturated carbocycles. The van der Waals surface area contributed by atoms with Crippen LogP contribution in [-0.2, 0) is 9.59 Å². The van der Waals surface area contributed by atoms with E-state index < -0.39 is 23.5 Å². The van der Waals surface area contributed by atoms with Gasteiger partial charge in [-0.1, -0.05) is 6.08 Å². The molecule has 13 heavy (non-hydrogen) atoms. The summed E-state index contributed by atoms with van der Waals surface area (Å²) in [6, 6.07) is 0. The molecule has 0 rings (SSSR count). The van der Waals surface area contributed by atoms with Crippen LogP contribution in [0.5, 0.6) is 0 Å². The van der Waals surface area contributed by atoms with Gasteiger partial charge in [0.25, 0.3) is 0 Å². The standard InChI is InChI=1S/C8H12O5/c1-3-4-5(6(9)10)8(2,13)7(11)12/h3,5,13H,1,4H2,2H3,(H,9,10)(H,11,12). The van der Waals surface area contributed by atoms with Gasteiger partial charge in [0.15, 0.2) is 5.60 Å². The molecule has 0 aliphatic carbocycles. The molecule has 2 atom stereocenters. The Morgan fingerprint density at radius 3 is 2.23 bits per heavy atom. The molecule has 5 nitrogen and oxygen atoms in total. The maximum Gasteiger partial charge on any atom is 0.336 e. The predicted molar refractivity (Wildman–Crippen MR) is 44.2 cm³/mol. The highest BCUT2D eigenvalue weighted by Crippen LogP contribution is 2.21. The number of carboxylic acid groups (broad SMARTS) is 2. The van der Waals surface area contributed by atoms with Crippen LogP contribution >= 0.6 is 0 Å². The summed E-state index contributed by atoms with van der Waals surface area (Å²) in [7, 11) is 0. The zero-order valence-corrected chi connectivity index (χ0v) is 7.23. The number of allylic oxidation sites excluding steroid dienone is 1. The Morgan fingerprint density at radius 2 is 2.00 bits per heavy atom. The van der Waals surface area contributed by atoms with Crippen molar-refractivity contribution in [3.05, 3.63) is 12.7 Å². The third kappa shape index (κ3) is 2.55. The third-order valence-corrected chi connectivity index (χ3v) is 1.81. The summed E-state index contributed by atoms with van der Waals surface area (Å²) in [6.45, 7) is 4.24. The fourth-order valence-corrected chi connectivity index (χ4v) is 0.886. The highest BCUT2D eigenvalue weighted by Gasteiger charge is 2.43. The monoisotopic (exact) mass is 188 g/mol. The second-order valence-corrected chi connectivity index (χ2v) is 2.87. The summed E-state index contributed by atoms with van der Waals surface area (Å²) < 4.78 is 0. The van der Waals surface area contributed by atoms with Gasteiger partial charge in [0.1, 0.15) is 0 Å². The van der Waals surface area contributed by atoms with E-state index in [9.17, 15) is 14.7 Å². The van der Waals surface area contributed by atoms with Gasteiger partial charge in [-0.15, -0.1) is 6.58 Å². The third-order valence-electron chi connectivity index (χ3n) is 1.81. The van der Waals surface area contributed by atoms with Gasteiger partial charge in [0, 0.05) is 0 Å². The van der Waals surface area contributed by atoms with Crippen molar-refractivity contribution in [3.63, 3.8) is 0 Å². The fourth-order valence-electron chi connectivity index (χ4n) is 0.886. The summed E-state index contributed by atoms with van der Waals surface area (Å²) in [6.07, 6.45) is 1.17. The van der Waals surface area contributed by atoms with Crippen LogP contribution in [-0.4, -0.2) is 32.9 Å². The van der Waals surface area contributed by atoms with Crippen molar-refractivity contribution in [2.24, 2.45) is 5.92 Å². The molecule has 0 aromatic carbocycles. The summed E-state index contributed by atoms with van der Waals surface area (Å²) in [5.41, 5.74) is -2.26. The van der Waals surface area contributed by atoms with E-state index in [2.05, 4.69) is 6.58 Å². The van der Waals surface area contributed by atoms with E-state index in [1.165, 1.54) is 6.08 Å². The summed E-state index contributed by atoms with van der Waals surface area (Å²) in [4.78, 5) is 21.1. The Hall–Kier alpha value is -1.36. The number of hydrogen-bond acceptors (Lipinski definition) is 3. The summed E-state index contributed by atoms with van der Waals surface area (Å²) in [5, 5.41) is 26.5. The molecule has 0 heterocycles. The van der Waals surface area contributed by atoms with Crippen molar-refractivity contribution in [2.75, 3.05) is 0 Å².